The molecular weight excluding hydrogens is 244 g/mol. The largest absolute Gasteiger partial charge is 0.321 e. The van der Waals surface area contributed by atoms with Crippen LogP contribution in [-0.4, -0.2) is 0 Å². The van der Waals surface area contributed by atoms with Crippen LogP contribution in [0.15, 0.2) is 18.2 Å². The lowest BCUT2D eigenvalue weighted by Crippen LogP contribution is -2.39. The van der Waals surface area contributed by atoms with Crippen molar-refractivity contribution in [3.05, 3.63) is 34.3 Å². The Labute approximate surface area is 105 Å². The summed E-state index contributed by atoms with van der Waals surface area (Å²) in [7, 11) is 0. The third-order valence-electron chi connectivity index (χ3n) is 3.55. The molecule has 1 nitrogen and oxygen atoms in total. The predicted molar refractivity (Wildman–Crippen MR) is 65.4 cm³/mol. The molecule has 2 N–H and O–H groups in total. The van der Waals surface area contributed by atoms with E-state index in [1.54, 1.807) is 12.1 Å². The van der Waals surface area contributed by atoms with Gasteiger partial charge in [-0.2, -0.15) is 0 Å². The van der Waals surface area contributed by atoms with Gasteiger partial charge in [0.2, 0.25) is 0 Å². The lowest BCUT2D eigenvalue weighted by molar-refractivity contribution is 0.146. The highest BCUT2D eigenvalue weighted by Gasteiger charge is 2.34. The minimum absolute atomic E-state index is 0.0847. The third-order valence-corrected chi connectivity index (χ3v) is 3.88. The smallest absolute Gasteiger partial charge is 0.265 e. The summed E-state index contributed by atoms with van der Waals surface area (Å²) in [5.74, 6) is 0. The van der Waals surface area contributed by atoms with Crippen LogP contribution in [0.4, 0.5) is 8.78 Å². The van der Waals surface area contributed by atoms with E-state index < -0.39 is 12.0 Å². The minimum atomic E-state index is -2.57. The van der Waals surface area contributed by atoms with Crippen molar-refractivity contribution in [3.63, 3.8) is 0 Å². The lowest BCUT2D eigenvalue weighted by atomic mass is 9.76. The molecule has 1 aromatic rings. The van der Waals surface area contributed by atoms with Crippen LogP contribution in [0.25, 0.3) is 0 Å². The maximum absolute atomic E-state index is 13.1. The molecule has 94 valence electrons. The van der Waals surface area contributed by atoms with E-state index >= 15 is 0 Å². The first-order valence-electron chi connectivity index (χ1n) is 5.90. The van der Waals surface area contributed by atoms with Crippen molar-refractivity contribution in [1.29, 1.82) is 0 Å². The van der Waals surface area contributed by atoms with Gasteiger partial charge in [-0.05, 0) is 24.5 Å². The van der Waals surface area contributed by atoms with Crippen molar-refractivity contribution in [3.8, 4) is 0 Å². The first-order valence-corrected chi connectivity index (χ1v) is 6.28. The molecule has 2 rings (SSSR count). The first kappa shape index (κ1) is 12.8. The Morgan fingerprint density at radius 2 is 1.82 bits per heavy atom. The van der Waals surface area contributed by atoms with Gasteiger partial charge in [-0.25, -0.2) is 8.78 Å². The Morgan fingerprint density at radius 3 is 2.41 bits per heavy atom. The van der Waals surface area contributed by atoms with Crippen LogP contribution in [0, 0.1) is 0 Å². The van der Waals surface area contributed by atoms with Crippen molar-refractivity contribution in [1.82, 2.24) is 0 Å². The number of hydrogen-bond acceptors (Lipinski definition) is 1. The summed E-state index contributed by atoms with van der Waals surface area (Å²) < 4.78 is 26.1. The summed E-state index contributed by atoms with van der Waals surface area (Å²) in [4.78, 5) is 0. The number of hydrogen-bond donors (Lipinski definition) is 1. The fraction of sp³-hybridized carbons (Fsp3) is 0.538. The second-order valence-corrected chi connectivity index (χ2v) is 5.13. The maximum atomic E-state index is 13.1. The van der Waals surface area contributed by atoms with Crippen LogP contribution in [0.3, 0.4) is 0 Å². The zero-order chi connectivity index (χ0) is 12.5. The molecule has 0 heterocycles. The molecule has 4 heteroatoms. The SMILES string of the molecule is NC1(c2cccc(Cl)c2C(F)F)CCCCC1. The molecule has 0 atom stereocenters. The van der Waals surface area contributed by atoms with Crippen molar-refractivity contribution in [2.24, 2.45) is 5.73 Å². The van der Waals surface area contributed by atoms with Gasteiger partial charge >= 0.3 is 0 Å². The highest BCUT2D eigenvalue weighted by molar-refractivity contribution is 6.31. The summed E-state index contributed by atoms with van der Waals surface area (Å²) in [6.07, 6.45) is 2.06. The molecule has 0 saturated heterocycles. The molecule has 0 radical (unpaired) electrons. The van der Waals surface area contributed by atoms with Gasteiger partial charge in [0, 0.05) is 16.1 Å². The number of nitrogens with two attached hydrogens (primary N) is 1. The second kappa shape index (κ2) is 4.91. The molecule has 1 aliphatic rings. The summed E-state index contributed by atoms with van der Waals surface area (Å²) >= 11 is 5.87. The number of benzene rings is 1. The van der Waals surface area contributed by atoms with E-state index in [1.807, 2.05) is 0 Å². The van der Waals surface area contributed by atoms with Gasteiger partial charge in [0.1, 0.15) is 0 Å². The molecular formula is C13H16ClF2N. The Balaban J connectivity index is 2.46. The zero-order valence-electron chi connectivity index (χ0n) is 9.56. The summed E-state index contributed by atoms with van der Waals surface area (Å²) in [5, 5.41) is 0.118. The number of halogens is 3. The normalized spacial score (nSPS) is 19.6. The molecule has 17 heavy (non-hydrogen) atoms. The van der Waals surface area contributed by atoms with Gasteiger partial charge in [-0.3, -0.25) is 0 Å². The monoisotopic (exact) mass is 259 g/mol. The molecule has 1 fully saturated rings. The van der Waals surface area contributed by atoms with Crippen LogP contribution in [0.1, 0.15) is 49.7 Å². The van der Waals surface area contributed by atoms with Crippen LogP contribution < -0.4 is 5.73 Å². The average Bonchev–Trinajstić information content (AvgIpc) is 2.29. The van der Waals surface area contributed by atoms with Crippen molar-refractivity contribution >= 4 is 11.6 Å². The molecule has 0 aromatic heterocycles. The van der Waals surface area contributed by atoms with Gasteiger partial charge in [0.05, 0.1) is 0 Å². The van der Waals surface area contributed by atoms with Crippen molar-refractivity contribution in [2.75, 3.05) is 0 Å². The fourth-order valence-electron chi connectivity index (χ4n) is 2.64. The number of rotatable bonds is 2. The van der Waals surface area contributed by atoms with Crippen LogP contribution in [0.5, 0.6) is 0 Å². The highest BCUT2D eigenvalue weighted by Crippen LogP contribution is 2.41. The Hall–Kier alpha value is -0.670. The molecule has 1 aliphatic carbocycles. The molecule has 0 unspecified atom stereocenters. The minimum Gasteiger partial charge on any atom is -0.321 e. The molecule has 0 bridgehead atoms. The Kier molecular flexibility index (Phi) is 3.69. The van der Waals surface area contributed by atoms with Crippen LogP contribution in [0.2, 0.25) is 5.02 Å². The van der Waals surface area contributed by atoms with E-state index in [2.05, 4.69) is 0 Å². The molecule has 0 spiro atoms. The van der Waals surface area contributed by atoms with Gasteiger partial charge in [0.25, 0.3) is 6.43 Å². The molecule has 1 aromatic carbocycles. The average molecular weight is 260 g/mol. The van der Waals surface area contributed by atoms with Crippen molar-refractivity contribution in [2.45, 2.75) is 44.1 Å². The molecule has 0 amide bonds. The van der Waals surface area contributed by atoms with Crippen molar-refractivity contribution < 1.29 is 8.78 Å². The topological polar surface area (TPSA) is 26.0 Å². The van der Waals surface area contributed by atoms with Crippen LogP contribution >= 0.6 is 11.6 Å². The van der Waals surface area contributed by atoms with Gasteiger partial charge in [-0.1, -0.05) is 43.0 Å². The van der Waals surface area contributed by atoms with E-state index in [1.165, 1.54) is 6.07 Å². The van der Waals surface area contributed by atoms with Gasteiger partial charge in [0.15, 0.2) is 0 Å². The van der Waals surface area contributed by atoms with E-state index in [0.29, 0.717) is 5.56 Å². The Bertz CT molecular complexity index is 400. The predicted octanol–water partition coefficient (Wildman–Crippen LogP) is 4.40. The summed E-state index contributed by atoms with van der Waals surface area (Å²) in [5.41, 5.74) is 6.11. The molecule has 0 aliphatic heterocycles. The lowest BCUT2D eigenvalue weighted by Gasteiger charge is -2.35. The second-order valence-electron chi connectivity index (χ2n) is 4.72. The molecule has 1 saturated carbocycles. The maximum Gasteiger partial charge on any atom is 0.265 e. The summed E-state index contributed by atoms with van der Waals surface area (Å²) in [6.45, 7) is 0. The highest BCUT2D eigenvalue weighted by atomic mass is 35.5. The quantitative estimate of drug-likeness (QED) is 0.837. The summed E-state index contributed by atoms with van der Waals surface area (Å²) in [6, 6.07) is 4.89. The zero-order valence-corrected chi connectivity index (χ0v) is 10.3. The Morgan fingerprint density at radius 1 is 1.18 bits per heavy atom. The van der Waals surface area contributed by atoms with Crippen LogP contribution in [-0.2, 0) is 5.54 Å². The van der Waals surface area contributed by atoms with Gasteiger partial charge in [-0.15, -0.1) is 0 Å². The van der Waals surface area contributed by atoms with E-state index in [0.717, 1.165) is 32.1 Å². The van der Waals surface area contributed by atoms with E-state index in [9.17, 15) is 8.78 Å². The fourth-order valence-corrected chi connectivity index (χ4v) is 2.90. The third kappa shape index (κ3) is 2.45. The first-order chi connectivity index (χ1) is 8.04. The van der Waals surface area contributed by atoms with Gasteiger partial charge < -0.3 is 5.73 Å². The standard InChI is InChI=1S/C13H16ClF2N/c14-10-6-4-5-9(11(10)12(15)16)13(17)7-2-1-3-8-13/h4-6,12H,1-3,7-8,17H2. The number of alkyl halides is 2. The van der Waals surface area contributed by atoms with E-state index in [4.69, 9.17) is 17.3 Å². The van der Waals surface area contributed by atoms with E-state index in [-0.39, 0.29) is 10.6 Å².